The van der Waals surface area contributed by atoms with Gasteiger partial charge in [-0.3, -0.25) is 9.59 Å². The molecule has 0 aliphatic rings. The summed E-state index contributed by atoms with van der Waals surface area (Å²) in [5.74, 6) is -4.10. The van der Waals surface area contributed by atoms with Crippen LogP contribution in [-0.4, -0.2) is 41.2 Å². The van der Waals surface area contributed by atoms with Crippen molar-refractivity contribution in [1.82, 2.24) is 4.90 Å². The average molecular weight is 289 g/mol. The molecule has 0 heterocycles. The molecule has 7 heteroatoms. The summed E-state index contributed by atoms with van der Waals surface area (Å²) in [5.41, 5.74) is 0.153. The lowest BCUT2D eigenvalue weighted by molar-refractivity contribution is -0.137. The number of rotatable bonds is 6. The van der Waals surface area contributed by atoms with E-state index in [0.717, 1.165) is 0 Å². The highest BCUT2D eigenvalue weighted by Gasteiger charge is 2.18. The first-order chi connectivity index (χ1) is 8.91. The van der Waals surface area contributed by atoms with Gasteiger partial charge >= 0.3 is 5.97 Å². The third-order valence-electron chi connectivity index (χ3n) is 2.34. The summed E-state index contributed by atoms with van der Waals surface area (Å²) in [4.78, 5) is 23.9. The smallest absolute Gasteiger partial charge is 0.305 e. The Morgan fingerprint density at radius 2 is 2.00 bits per heavy atom. The van der Waals surface area contributed by atoms with Crippen molar-refractivity contribution in [3.63, 3.8) is 0 Å². The number of alkyl halides is 2. The van der Waals surface area contributed by atoms with Gasteiger partial charge in [-0.2, -0.15) is 8.78 Å². The minimum Gasteiger partial charge on any atom is -0.481 e. The molecule has 1 N–H and O–H groups in total. The molecular weight excluding hydrogens is 276 g/mol. The standard InChI is InChI=1S/C12H13F2NO3S/c1-15(7-6-10(16)17)11(18)8-4-2-3-5-9(8)19-12(13)14/h2-5,12H,6-7H2,1H3,(H,16,17). The molecule has 0 atom stereocenters. The third-order valence-corrected chi connectivity index (χ3v) is 3.13. The number of halogens is 2. The number of amides is 1. The molecule has 1 aromatic carbocycles. The summed E-state index contributed by atoms with van der Waals surface area (Å²) in [6.07, 6.45) is -0.188. The van der Waals surface area contributed by atoms with Gasteiger partial charge < -0.3 is 10.0 Å². The van der Waals surface area contributed by atoms with E-state index < -0.39 is 17.6 Å². The fraction of sp³-hybridized carbons (Fsp3) is 0.333. The van der Waals surface area contributed by atoms with Crippen molar-refractivity contribution in [2.45, 2.75) is 17.1 Å². The van der Waals surface area contributed by atoms with Gasteiger partial charge in [-0.05, 0) is 12.1 Å². The molecule has 0 spiro atoms. The number of hydrogen-bond acceptors (Lipinski definition) is 3. The number of hydrogen-bond donors (Lipinski definition) is 1. The lowest BCUT2D eigenvalue weighted by atomic mass is 10.2. The van der Waals surface area contributed by atoms with Crippen LogP contribution >= 0.6 is 11.8 Å². The van der Waals surface area contributed by atoms with Crippen LogP contribution in [0.25, 0.3) is 0 Å². The van der Waals surface area contributed by atoms with E-state index in [-0.39, 0.29) is 23.4 Å². The number of thioether (sulfide) groups is 1. The maximum Gasteiger partial charge on any atom is 0.305 e. The first kappa shape index (κ1) is 15.4. The highest BCUT2D eigenvalue weighted by molar-refractivity contribution is 7.99. The Bertz CT molecular complexity index is 468. The molecule has 19 heavy (non-hydrogen) atoms. The highest BCUT2D eigenvalue weighted by atomic mass is 32.2. The van der Waals surface area contributed by atoms with Crippen LogP contribution in [0.3, 0.4) is 0 Å². The van der Waals surface area contributed by atoms with Crippen LogP contribution in [0.5, 0.6) is 0 Å². The predicted octanol–water partition coefficient (Wildman–Crippen LogP) is 2.55. The predicted molar refractivity (Wildman–Crippen MR) is 67.5 cm³/mol. The molecule has 0 bridgehead atoms. The number of benzene rings is 1. The van der Waals surface area contributed by atoms with Crippen molar-refractivity contribution < 1.29 is 23.5 Å². The van der Waals surface area contributed by atoms with Crippen molar-refractivity contribution in [2.75, 3.05) is 13.6 Å². The Hall–Kier alpha value is -1.63. The van der Waals surface area contributed by atoms with Crippen LogP contribution in [0.2, 0.25) is 0 Å². The van der Waals surface area contributed by atoms with Gasteiger partial charge in [0.1, 0.15) is 0 Å². The summed E-state index contributed by atoms with van der Waals surface area (Å²) < 4.78 is 24.8. The second-order valence-electron chi connectivity index (χ2n) is 3.75. The quantitative estimate of drug-likeness (QED) is 0.818. The van der Waals surface area contributed by atoms with E-state index in [1.165, 1.54) is 24.1 Å². The molecule has 0 aliphatic heterocycles. The van der Waals surface area contributed by atoms with Gasteiger partial charge in [-0.25, -0.2) is 0 Å². The van der Waals surface area contributed by atoms with E-state index in [2.05, 4.69) is 0 Å². The molecule has 0 aromatic heterocycles. The van der Waals surface area contributed by atoms with Gasteiger partial charge in [0.25, 0.3) is 11.7 Å². The summed E-state index contributed by atoms with van der Waals surface area (Å²) in [6, 6.07) is 6.03. The van der Waals surface area contributed by atoms with E-state index in [9.17, 15) is 18.4 Å². The molecule has 0 saturated heterocycles. The Kier molecular flexibility index (Phi) is 5.75. The Balaban J connectivity index is 2.83. The Morgan fingerprint density at radius 1 is 1.37 bits per heavy atom. The van der Waals surface area contributed by atoms with Crippen molar-refractivity contribution in [3.05, 3.63) is 29.8 Å². The van der Waals surface area contributed by atoms with E-state index in [1.807, 2.05) is 0 Å². The molecule has 0 fully saturated rings. The van der Waals surface area contributed by atoms with E-state index in [1.54, 1.807) is 12.1 Å². The maximum absolute atomic E-state index is 12.4. The minimum atomic E-state index is -2.61. The molecule has 0 unspecified atom stereocenters. The van der Waals surface area contributed by atoms with Crippen LogP contribution in [0.15, 0.2) is 29.2 Å². The number of carboxylic acids is 1. The topological polar surface area (TPSA) is 57.6 Å². The Labute approximate surface area is 113 Å². The lowest BCUT2D eigenvalue weighted by Crippen LogP contribution is -2.29. The molecule has 4 nitrogen and oxygen atoms in total. The van der Waals surface area contributed by atoms with Crippen LogP contribution in [0.1, 0.15) is 16.8 Å². The molecule has 0 saturated carbocycles. The molecule has 0 aliphatic carbocycles. The van der Waals surface area contributed by atoms with Crippen molar-refractivity contribution in [3.8, 4) is 0 Å². The van der Waals surface area contributed by atoms with Gasteiger partial charge in [0.05, 0.1) is 12.0 Å². The first-order valence-corrected chi connectivity index (χ1v) is 6.31. The van der Waals surface area contributed by atoms with Crippen LogP contribution < -0.4 is 0 Å². The number of carbonyl (C=O) groups is 2. The molecule has 1 amide bonds. The first-order valence-electron chi connectivity index (χ1n) is 5.43. The molecular formula is C12H13F2NO3S. The largest absolute Gasteiger partial charge is 0.481 e. The van der Waals surface area contributed by atoms with Crippen LogP contribution in [-0.2, 0) is 4.79 Å². The fourth-order valence-electron chi connectivity index (χ4n) is 1.41. The fourth-order valence-corrected chi connectivity index (χ4v) is 2.04. The highest BCUT2D eigenvalue weighted by Crippen LogP contribution is 2.28. The van der Waals surface area contributed by atoms with Crippen molar-refractivity contribution in [1.29, 1.82) is 0 Å². The SMILES string of the molecule is CN(CCC(=O)O)C(=O)c1ccccc1SC(F)F. The minimum absolute atomic E-state index is 0.0296. The van der Waals surface area contributed by atoms with Crippen LogP contribution in [0, 0.1) is 0 Å². The Morgan fingerprint density at radius 3 is 2.58 bits per heavy atom. The van der Waals surface area contributed by atoms with Crippen molar-refractivity contribution in [2.24, 2.45) is 0 Å². The van der Waals surface area contributed by atoms with Gasteiger partial charge in [0, 0.05) is 18.5 Å². The summed E-state index contributed by atoms with van der Waals surface area (Å²) in [5, 5.41) is 8.55. The van der Waals surface area contributed by atoms with Gasteiger partial charge in [0.2, 0.25) is 0 Å². The monoisotopic (exact) mass is 289 g/mol. The molecule has 1 aromatic rings. The van der Waals surface area contributed by atoms with Crippen molar-refractivity contribution >= 4 is 23.6 Å². The number of carbonyl (C=O) groups excluding carboxylic acids is 1. The van der Waals surface area contributed by atoms with Crippen LogP contribution in [0.4, 0.5) is 8.78 Å². The number of nitrogens with zero attached hydrogens (tertiary/aromatic N) is 1. The lowest BCUT2D eigenvalue weighted by Gasteiger charge is -2.17. The average Bonchev–Trinajstić information content (AvgIpc) is 2.35. The normalized spacial score (nSPS) is 10.5. The summed E-state index contributed by atoms with van der Waals surface area (Å²) in [6.45, 7) is 0.0296. The zero-order valence-corrected chi connectivity index (χ0v) is 11.0. The third kappa shape index (κ3) is 4.86. The van der Waals surface area contributed by atoms with E-state index >= 15 is 0 Å². The van der Waals surface area contributed by atoms with E-state index in [4.69, 9.17) is 5.11 Å². The molecule has 1 rings (SSSR count). The van der Waals surface area contributed by atoms with Gasteiger partial charge in [0.15, 0.2) is 0 Å². The maximum atomic E-state index is 12.4. The number of carboxylic acid groups (broad SMARTS) is 1. The van der Waals surface area contributed by atoms with Gasteiger partial charge in [-0.1, -0.05) is 23.9 Å². The molecule has 0 radical (unpaired) electrons. The van der Waals surface area contributed by atoms with Gasteiger partial charge in [-0.15, -0.1) is 0 Å². The summed E-state index contributed by atoms with van der Waals surface area (Å²) in [7, 11) is 1.44. The van der Waals surface area contributed by atoms with E-state index in [0.29, 0.717) is 11.8 Å². The summed E-state index contributed by atoms with van der Waals surface area (Å²) >= 11 is 0.298. The molecule has 104 valence electrons. The second-order valence-corrected chi connectivity index (χ2v) is 4.78. The zero-order chi connectivity index (χ0) is 14.4. The second kappa shape index (κ2) is 7.08. The zero-order valence-electron chi connectivity index (χ0n) is 10.2. The number of aliphatic carboxylic acids is 1.